The van der Waals surface area contributed by atoms with Gasteiger partial charge in [0.2, 0.25) is 0 Å². The Morgan fingerprint density at radius 1 is 0.266 bits per heavy atom. The maximum Gasteiger partial charge on any atom is 0.00233 e. The molecule has 2 heteroatoms. The van der Waals surface area contributed by atoms with Gasteiger partial charge in [-0.1, -0.05) is 172 Å². The third-order valence-corrected chi connectivity index (χ3v) is 20.4. The standard InChI is InChI=1S/C62H58S2/c1-3-5-25-51-47-62(50-41-45-60(46-42-50)64(56-33-19-10-20-34-56,57-35-21-11-22-36-57)58-37-23-12-24-38-58)52(26-6-4-2)48-61(51)49-39-43-59(44-40-49)63(53-27-13-7-14-28-53,54-29-15-8-16-30-54)55-31-17-9-18-32-55/h7-24,27-48H,3-6,25-26H2,1-2H3. The molecule has 0 radical (unpaired) electrons. The molecule has 0 nitrogen and oxygen atoms in total. The lowest BCUT2D eigenvalue weighted by atomic mass is 9.87. The van der Waals surface area contributed by atoms with Crippen molar-refractivity contribution in [2.75, 3.05) is 0 Å². The molecule has 0 aliphatic carbocycles. The SMILES string of the molecule is CCCCc1cc(-c2ccc(S(c3ccccc3)(c3ccccc3)c3ccccc3)cc2)c(CCCC)cc1-c1ccc(S(c2ccccc2)(c2ccccc2)c2ccccc2)cc1. The van der Waals surface area contributed by atoms with Gasteiger partial charge in [0.05, 0.1) is 0 Å². The minimum atomic E-state index is -1.76. The summed E-state index contributed by atoms with van der Waals surface area (Å²) in [6.07, 6.45) is 6.70. The van der Waals surface area contributed by atoms with E-state index in [0.29, 0.717) is 0 Å². The molecule has 0 unspecified atom stereocenters. The van der Waals surface area contributed by atoms with Gasteiger partial charge in [0.15, 0.2) is 0 Å². The first kappa shape index (κ1) is 43.0. The highest BCUT2D eigenvalue weighted by molar-refractivity contribution is 8.34. The Morgan fingerprint density at radius 3 is 0.703 bits per heavy atom. The number of aryl methyl sites for hydroxylation is 2. The predicted octanol–water partition coefficient (Wildman–Crippen LogP) is 18.4. The first-order valence-corrected chi connectivity index (χ1v) is 26.3. The summed E-state index contributed by atoms with van der Waals surface area (Å²) in [7, 11) is -3.53. The fraction of sp³-hybridized carbons (Fsp3) is 0.129. The number of hydrogen-bond donors (Lipinski definition) is 0. The first-order chi connectivity index (χ1) is 31.7. The second-order valence-corrected chi connectivity index (χ2v) is 22.7. The van der Waals surface area contributed by atoms with E-state index < -0.39 is 20.1 Å². The second-order valence-electron chi connectivity index (χ2n) is 16.5. The molecule has 0 saturated heterocycles. The first-order valence-electron chi connectivity index (χ1n) is 23.0. The Bertz CT molecular complexity index is 2450. The lowest BCUT2D eigenvalue weighted by Gasteiger charge is -2.42. The molecule has 9 aromatic carbocycles. The number of unbranched alkanes of at least 4 members (excludes halogenated alkanes) is 2. The van der Waals surface area contributed by atoms with Crippen LogP contribution in [-0.2, 0) is 12.8 Å². The molecule has 0 atom stereocenters. The topological polar surface area (TPSA) is 0 Å². The second kappa shape index (κ2) is 20.0. The molecular formula is C62H58S2. The van der Waals surface area contributed by atoms with Gasteiger partial charge >= 0.3 is 0 Å². The highest BCUT2D eigenvalue weighted by Gasteiger charge is 2.34. The van der Waals surface area contributed by atoms with Crippen molar-refractivity contribution < 1.29 is 0 Å². The zero-order chi connectivity index (χ0) is 43.6. The van der Waals surface area contributed by atoms with Crippen LogP contribution in [0.2, 0.25) is 0 Å². The van der Waals surface area contributed by atoms with Crippen molar-refractivity contribution in [3.05, 3.63) is 254 Å². The van der Waals surface area contributed by atoms with Crippen LogP contribution in [0.15, 0.2) is 282 Å². The minimum Gasteiger partial charge on any atom is -0.133 e. The zero-order valence-corrected chi connectivity index (χ0v) is 38.8. The van der Waals surface area contributed by atoms with E-state index in [1.165, 1.54) is 72.5 Å². The average Bonchev–Trinajstić information content (AvgIpc) is 3.38. The van der Waals surface area contributed by atoms with Crippen LogP contribution >= 0.6 is 20.1 Å². The summed E-state index contributed by atoms with van der Waals surface area (Å²) in [4.78, 5) is 10.8. The van der Waals surface area contributed by atoms with Crippen LogP contribution in [0.25, 0.3) is 22.3 Å². The predicted molar refractivity (Wildman–Crippen MR) is 274 cm³/mol. The maximum atomic E-state index is 2.55. The van der Waals surface area contributed by atoms with Crippen molar-refractivity contribution in [1.29, 1.82) is 0 Å². The van der Waals surface area contributed by atoms with Crippen LogP contribution < -0.4 is 0 Å². The molecule has 9 rings (SSSR count). The van der Waals surface area contributed by atoms with Crippen molar-refractivity contribution in [3.63, 3.8) is 0 Å². The van der Waals surface area contributed by atoms with Crippen molar-refractivity contribution in [2.24, 2.45) is 0 Å². The van der Waals surface area contributed by atoms with E-state index in [-0.39, 0.29) is 0 Å². The molecule has 0 aliphatic heterocycles. The molecule has 9 aromatic rings. The quantitative estimate of drug-likeness (QED) is 0.0908. The summed E-state index contributed by atoms with van der Waals surface area (Å²) in [5.74, 6) is 0. The summed E-state index contributed by atoms with van der Waals surface area (Å²) in [5.41, 5.74) is 8.18. The summed E-state index contributed by atoms with van der Waals surface area (Å²) >= 11 is 0. The summed E-state index contributed by atoms with van der Waals surface area (Å²) < 4.78 is 0. The van der Waals surface area contributed by atoms with Crippen LogP contribution in [0.4, 0.5) is 0 Å². The molecule has 0 aromatic heterocycles. The summed E-state index contributed by atoms with van der Waals surface area (Å²) in [6, 6.07) is 91.4. The molecule has 0 spiro atoms. The zero-order valence-electron chi connectivity index (χ0n) is 37.2. The van der Waals surface area contributed by atoms with E-state index in [1.807, 2.05) is 0 Å². The van der Waals surface area contributed by atoms with E-state index in [9.17, 15) is 0 Å². The maximum absolute atomic E-state index is 2.55. The molecule has 0 N–H and O–H groups in total. The van der Waals surface area contributed by atoms with Crippen LogP contribution in [0.5, 0.6) is 0 Å². The van der Waals surface area contributed by atoms with Gasteiger partial charge in [0.25, 0.3) is 0 Å². The average molecular weight is 867 g/mol. The largest absolute Gasteiger partial charge is 0.133 e. The van der Waals surface area contributed by atoms with Crippen molar-refractivity contribution in [3.8, 4) is 22.3 Å². The fourth-order valence-electron chi connectivity index (χ4n) is 9.43. The Morgan fingerprint density at radius 2 is 0.484 bits per heavy atom. The van der Waals surface area contributed by atoms with E-state index in [0.717, 1.165) is 38.5 Å². The van der Waals surface area contributed by atoms with E-state index >= 15 is 0 Å². The summed E-state index contributed by atoms with van der Waals surface area (Å²) in [5, 5.41) is 0. The molecule has 0 aliphatic rings. The van der Waals surface area contributed by atoms with Crippen LogP contribution in [0.3, 0.4) is 0 Å². The number of hydrogen-bond acceptors (Lipinski definition) is 0. The Hall–Kier alpha value is -6.32. The van der Waals surface area contributed by atoms with Crippen molar-refractivity contribution in [2.45, 2.75) is 91.5 Å². The third-order valence-electron chi connectivity index (χ3n) is 12.5. The van der Waals surface area contributed by atoms with Gasteiger partial charge in [-0.2, -0.15) is 0 Å². The van der Waals surface area contributed by atoms with Crippen LogP contribution in [-0.4, -0.2) is 0 Å². The van der Waals surface area contributed by atoms with Crippen LogP contribution in [0, 0.1) is 0 Å². The Balaban J connectivity index is 1.17. The van der Waals surface area contributed by atoms with Gasteiger partial charge in [0, 0.05) is 39.2 Å². The third kappa shape index (κ3) is 8.29. The van der Waals surface area contributed by atoms with Crippen molar-refractivity contribution in [1.82, 2.24) is 0 Å². The van der Waals surface area contributed by atoms with Gasteiger partial charge in [0.1, 0.15) is 0 Å². The highest BCUT2D eigenvalue weighted by atomic mass is 32.3. The molecule has 0 fully saturated rings. The van der Waals surface area contributed by atoms with Crippen molar-refractivity contribution >= 4 is 20.1 Å². The van der Waals surface area contributed by atoms with Gasteiger partial charge in [-0.05, 0) is 156 Å². The summed E-state index contributed by atoms with van der Waals surface area (Å²) in [6.45, 7) is 4.62. The van der Waals surface area contributed by atoms with Gasteiger partial charge in [-0.15, -0.1) is 20.1 Å². The number of benzene rings is 9. The van der Waals surface area contributed by atoms with Crippen LogP contribution in [0.1, 0.15) is 50.7 Å². The van der Waals surface area contributed by atoms with E-state index in [4.69, 9.17) is 0 Å². The fourth-order valence-corrected chi connectivity index (χ4v) is 17.2. The van der Waals surface area contributed by atoms with E-state index in [1.54, 1.807) is 0 Å². The monoisotopic (exact) mass is 866 g/mol. The molecule has 0 bridgehead atoms. The van der Waals surface area contributed by atoms with Gasteiger partial charge in [-0.3, -0.25) is 0 Å². The smallest absolute Gasteiger partial charge is 0.00233 e. The Labute approximate surface area is 385 Å². The molecule has 0 heterocycles. The highest BCUT2D eigenvalue weighted by Crippen LogP contribution is 2.74. The molecule has 64 heavy (non-hydrogen) atoms. The molecular weight excluding hydrogens is 809 g/mol. The molecule has 0 saturated carbocycles. The van der Waals surface area contributed by atoms with Gasteiger partial charge < -0.3 is 0 Å². The normalized spacial score (nSPS) is 12.2. The lowest BCUT2D eigenvalue weighted by molar-refractivity contribution is 0.788. The molecule has 0 amide bonds. The number of rotatable bonds is 16. The van der Waals surface area contributed by atoms with E-state index in [2.05, 4.69) is 257 Å². The lowest BCUT2D eigenvalue weighted by Crippen LogP contribution is -2.05. The minimum absolute atomic E-state index is 1.04. The Kier molecular flexibility index (Phi) is 13.4. The van der Waals surface area contributed by atoms with Gasteiger partial charge in [-0.25, -0.2) is 0 Å². The molecule has 318 valence electrons.